The largest absolute Gasteiger partial charge is 0.433 e. The minimum Gasteiger partial charge on any atom is -0.356 e. The van der Waals surface area contributed by atoms with Crippen LogP contribution in [0.15, 0.2) is 36.4 Å². The van der Waals surface area contributed by atoms with E-state index in [0.29, 0.717) is 43.2 Å². The SMILES string of the molecule is CC1CCN(c2nc(C(F)(F)F)ccc2CNC(=O)Nc2ccc(CCNS(=O)O)cc2)CC1. The third-order valence-corrected chi connectivity index (χ3v) is 6.07. The first-order valence-electron chi connectivity index (χ1n) is 10.9. The van der Waals surface area contributed by atoms with Crippen molar-refractivity contribution in [3.8, 4) is 0 Å². The Balaban J connectivity index is 1.61. The maximum atomic E-state index is 13.2. The number of piperidine rings is 1. The van der Waals surface area contributed by atoms with E-state index in [2.05, 4.69) is 27.3 Å². The van der Waals surface area contributed by atoms with Crippen molar-refractivity contribution in [2.45, 2.75) is 38.9 Å². The van der Waals surface area contributed by atoms with Crippen LogP contribution < -0.4 is 20.3 Å². The van der Waals surface area contributed by atoms with Crippen LogP contribution in [0, 0.1) is 5.92 Å². The number of amides is 2. The Morgan fingerprint density at radius 1 is 1.18 bits per heavy atom. The Labute approximate surface area is 198 Å². The third-order valence-electron chi connectivity index (χ3n) is 5.62. The summed E-state index contributed by atoms with van der Waals surface area (Å²) in [6.07, 6.45) is -2.26. The first-order valence-corrected chi connectivity index (χ1v) is 12.0. The van der Waals surface area contributed by atoms with Gasteiger partial charge in [0.05, 0.1) is 0 Å². The van der Waals surface area contributed by atoms with Gasteiger partial charge in [-0.2, -0.15) is 13.2 Å². The summed E-state index contributed by atoms with van der Waals surface area (Å²) in [6.45, 7) is 3.70. The van der Waals surface area contributed by atoms with Crippen molar-refractivity contribution in [2.75, 3.05) is 29.9 Å². The number of carbonyl (C=O) groups is 1. The highest BCUT2D eigenvalue weighted by atomic mass is 32.2. The summed E-state index contributed by atoms with van der Waals surface area (Å²) in [6, 6.07) is 8.77. The summed E-state index contributed by atoms with van der Waals surface area (Å²) >= 11 is -2.06. The zero-order valence-electron chi connectivity index (χ0n) is 18.7. The molecule has 3 rings (SSSR count). The molecule has 0 radical (unpaired) electrons. The van der Waals surface area contributed by atoms with Crippen molar-refractivity contribution in [3.63, 3.8) is 0 Å². The molecule has 186 valence electrons. The Morgan fingerprint density at radius 3 is 2.47 bits per heavy atom. The second-order valence-electron chi connectivity index (χ2n) is 8.24. The second-order valence-corrected chi connectivity index (χ2v) is 9.03. The molecule has 12 heteroatoms. The molecule has 0 saturated carbocycles. The molecule has 2 aromatic rings. The molecule has 1 aliphatic rings. The predicted octanol–water partition coefficient (Wildman–Crippen LogP) is 3.93. The van der Waals surface area contributed by atoms with E-state index in [0.717, 1.165) is 24.5 Å². The number of nitrogens with zero attached hydrogens (tertiary/aromatic N) is 2. The molecule has 1 atom stereocenters. The number of benzene rings is 1. The average molecular weight is 500 g/mol. The molecule has 34 heavy (non-hydrogen) atoms. The molecule has 4 N–H and O–H groups in total. The molecule has 1 fully saturated rings. The molecular weight excluding hydrogens is 471 g/mol. The van der Waals surface area contributed by atoms with Gasteiger partial charge < -0.3 is 15.5 Å². The summed E-state index contributed by atoms with van der Waals surface area (Å²) < 4.78 is 61.4. The van der Waals surface area contributed by atoms with Crippen LogP contribution in [0.1, 0.15) is 36.6 Å². The van der Waals surface area contributed by atoms with Gasteiger partial charge in [0.2, 0.25) is 11.3 Å². The van der Waals surface area contributed by atoms with E-state index < -0.39 is 29.2 Å². The average Bonchev–Trinajstić information content (AvgIpc) is 2.78. The summed E-state index contributed by atoms with van der Waals surface area (Å²) in [7, 11) is 0. The smallest absolute Gasteiger partial charge is 0.356 e. The number of carbonyl (C=O) groups excluding carboxylic acids is 1. The van der Waals surface area contributed by atoms with Crippen LogP contribution in [0.4, 0.5) is 29.5 Å². The number of halogens is 3. The Hall–Kier alpha value is -2.70. The van der Waals surface area contributed by atoms with Crippen LogP contribution in [0.2, 0.25) is 0 Å². The molecule has 2 heterocycles. The van der Waals surface area contributed by atoms with E-state index in [9.17, 15) is 22.2 Å². The number of nitrogens with one attached hydrogen (secondary N) is 3. The molecule has 1 saturated heterocycles. The van der Waals surface area contributed by atoms with Gasteiger partial charge in [-0.3, -0.25) is 4.55 Å². The lowest BCUT2D eigenvalue weighted by Crippen LogP contribution is -2.35. The highest BCUT2D eigenvalue weighted by Gasteiger charge is 2.34. The molecule has 0 aliphatic carbocycles. The van der Waals surface area contributed by atoms with Crippen LogP contribution in [0.5, 0.6) is 0 Å². The van der Waals surface area contributed by atoms with Crippen molar-refractivity contribution in [2.24, 2.45) is 5.92 Å². The lowest BCUT2D eigenvalue weighted by molar-refractivity contribution is -0.141. The molecule has 0 bridgehead atoms. The van der Waals surface area contributed by atoms with Crippen LogP contribution >= 0.6 is 0 Å². The molecule has 0 spiro atoms. The van der Waals surface area contributed by atoms with Gasteiger partial charge in [0.25, 0.3) is 0 Å². The fraction of sp³-hybridized carbons (Fsp3) is 0.455. The molecule has 8 nitrogen and oxygen atoms in total. The van der Waals surface area contributed by atoms with Gasteiger partial charge in [-0.25, -0.2) is 18.7 Å². The second kappa shape index (κ2) is 11.6. The minimum atomic E-state index is -4.54. The first kappa shape index (κ1) is 25.9. The van der Waals surface area contributed by atoms with Gasteiger partial charge in [0.15, 0.2) is 0 Å². The Bertz CT molecular complexity index is 996. The number of pyridine rings is 1. The molecule has 1 unspecified atom stereocenters. The fourth-order valence-corrected chi connectivity index (χ4v) is 3.93. The van der Waals surface area contributed by atoms with E-state index in [4.69, 9.17) is 4.55 Å². The van der Waals surface area contributed by atoms with Gasteiger partial charge in [-0.05, 0) is 48.9 Å². The van der Waals surface area contributed by atoms with Crippen LogP contribution in [-0.4, -0.2) is 39.4 Å². The summed E-state index contributed by atoms with van der Waals surface area (Å²) in [4.78, 5) is 18.1. The zero-order chi connectivity index (χ0) is 24.7. The number of hydrogen-bond donors (Lipinski definition) is 4. The highest BCUT2D eigenvalue weighted by Crippen LogP contribution is 2.32. The number of anilines is 2. The highest BCUT2D eigenvalue weighted by molar-refractivity contribution is 7.77. The van der Waals surface area contributed by atoms with Crippen LogP contribution in [0.25, 0.3) is 0 Å². The van der Waals surface area contributed by atoms with Crippen LogP contribution in [-0.2, 0) is 30.4 Å². The maximum absolute atomic E-state index is 13.2. The fourth-order valence-electron chi connectivity index (χ4n) is 3.66. The number of urea groups is 1. The van der Waals surface area contributed by atoms with Crippen molar-refractivity contribution in [1.29, 1.82) is 0 Å². The number of aromatic nitrogens is 1. The molecule has 1 aromatic carbocycles. The van der Waals surface area contributed by atoms with Crippen molar-refractivity contribution in [1.82, 2.24) is 15.0 Å². The predicted molar refractivity (Wildman–Crippen MR) is 125 cm³/mol. The van der Waals surface area contributed by atoms with Crippen molar-refractivity contribution < 1.29 is 26.7 Å². The van der Waals surface area contributed by atoms with E-state index in [-0.39, 0.29) is 12.4 Å². The van der Waals surface area contributed by atoms with Gasteiger partial charge >= 0.3 is 12.2 Å². The quantitative estimate of drug-likeness (QED) is 0.412. The van der Waals surface area contributed by atoms with Gasteiger partial charge in [-0.1, -0.05) is 25.1 Å². The number of alkyl halides is 3. The third kappa shape index (κ3) is 7.67. The molecule has 1 aliphatic heterocycles. The standard InChI is InChI=1S/C22H28F3N5O3S/c1-15-9-12-30(13-10-15)20-17(4-7-19(29-20)22(23,24)25)14-26-21(31)28-18-5-2-16(3-6-18)8-11-27-34(32)33/h2-7,15,27H,8-14H2,1H3,(H,32,33)(H2,26,28,31). The van der Waals surface area contributed by atoms with E-state index in [1.165, 1.54) is 6.07 Å². The van der Waals surface area contributed by atoms with E-state index in [1.54, 1.807) is 24.3 Å². The summed E-state index contributed by atoms with van der Waals surface area (Å²) in [5.74, 6) is 0.763. The van der Waals surface area contributed by atoms with Crippen molar-refractivity contribution >= 4 is 28.8 Å². The number of rotatable bonds is 8. The van der Waals surface area contributed by atoms with E-state index >= 15 is 0 Å². The number of hydrogen-bond acceptors (Lipinski definition) is 4. The van der Waals surface area contributed by atoms with Gasteiger partial charge in [-0.15, -0.1) is 0 Å². The topological polar surface area (TPSA) is 107 Å². The lowest BCUT2D eigenvalue weighted by Gasteiger charge is -2.33. The molecular formula is C22H28F3N5O3S. The summed E-state index contributed by atoms with van der Waals surface area (Å²) in [5, 5.41) is 5.37. The normalized spacial score (nSPS) is 15.7. The van der Waals surface area contributed by atoms with Crippen LogP contribution in [0.3, 0.4) is 0 Å². The maximum Gasteiger partial charge on any atom is 0.433 e. The summed E-state index contributed by atoms with van der Waals surface area (Å²) in [5.41, 5.74) is 1.02. The van der Waals surface area contributed by atoms with Gasteiger partial charge in [0, 0.05) is 37.4 Å². The zero-order valence-corrected chi connectivity index (χ0v) is 19.5. The molecule has 1 aromatic heterocycles. The Kier molecular flexibility index (Phi) is 8.86. The molecule has 2 amide bonds. The lowest BCUT2D eigenvalue weighted by atomic mass is 9.99. The monoisotopic (exact) mass is 499 g/mol. The van der Waals surface area contributed by atoms with Gasteiger partial charge in [0.1, 0.15) is 11.5 Å². The first-order chi connectivity index (χ1) is 16.1. The Morgan fingerprint density at radius 2 is 1.85 bits per heavy atom. The van der Waals surface area contributed by atoms with Crippen molar-refractivity contribution in [3.05, 3.63) is 53.2 Å². The minimum absolute atomic E-state index is 0.0282. The van der Waals surface area contributed by atoms with E-state index in [1.807, 2.05) is 4.90 Å².